The molecule has 3 atom stereocenters. The largest absolute Gasteiger partial charge is 0.371 e. The number of aryl methyl sites for hydroxylation is 1. The van der Waals surface area contributed by atoms with Crippen molar-refractivity contribution in [3.8, 4) is 11.1 Å². The number of aromatic nitrogens is 2. The van der Waals surface area contributed by atoms with E-state index in [1.807, 2.05) is 0 Å². The van der Waals surface area contributed by atoms with E-state index in [2.05, 4.69) is 10.1 Å². The van der Waals surface area contributed by atoms with Gasteiger partial charge in [0.25, 0.3) is 11.6 Å². The molecule has 16 heteroatoms. The predicted octanol–water partition coefficient (Wildman–Crippen LogP) is 2.11. The molecule has 2 saturated heterocycles. The van der Waals surface area contributed by atoms with Gasteiger partial charge in [0, 0.05) is 29.9 Å². The van der Waals surface area contributed by atoms with Crippen molar-refractivity contribution >= 4 is 33.0 Å². The van der Waals surface area contributed by atoms with Gasteiger partial charge in [-0.15, -0.1) is 0 Å². The summed E-state index contributed by atoms with van der Waals surface area (Å²) < 4.78 is 103. The maximum Gasteiger partial charge on any atom is 0.328 e. The maximum atomic E-state index is 15.1. The van der Waals surface area contributed by atoms with Crippen LogP contribution >= 0.6 is 0 Å². The Hall–Kier alpha value is -3.37. The van der Waals surface area contributed by atoms with Gasteiger partial charge in [-0.05, 0) is 13.0 Å². The fourth-order valence-corrected chi connectivity index (χ4v) is 5.35. The number of hydrogen-bond donors (Lipinski definition) is 2. The van der Waals surface area contributed by atoms with Crippen molar-refractivity contribution in [2.24, 2.45) is 0 Å². The first-order valence-electron chi connectivity index (χ1n) is 10.3. The molecule has 4 heterocycles. The summed E-state index contributed by atoms with van der Waals surface area (Å²) in [5.74, 6) is -8.26. The topological polar surface area (TPSA) is 129 Å². The highest BCUT2D eigenvalue weighted by molar-refractivity contribution is 7.88. The summed E-state index contributed by atoms with van der Waals surface area (Å²) in [6.07, 6.45) is -1.59. The number of nitrogens with one attached hydrogen (secondary N) is 1. The molecule has 0 radical (unpaired) electrons. The molecule has 0 bridgehead atoms. The highest BCUT2D eigenvalue weighted by Crippen LogP contribution is 2.46. The van der Waals surface area contributed by atoms with Crippen molar-refractivity contribution in [1.82, 2.24) is 19.8 Å². The van der Waals surface area contributed by atoms with Crippen LogP contribution in [-0.4, -0.2) is 71.6 Å². The van der Waals surface area contributed by atoms with Crippen LogP contribution in [0.3, 0.4) is 0 Å². The van der Waals surface area contributed by atoms with Gasteiger partial charge in [0.2, 0.25) is 10.0 Å². The maximum absolute atomic E-state index is 15.1. The van der Waals surface area contributed by atoms with Gasteiger partial charge in [-0.1, -0.05) is 5.16 Å². The van der Waals surface area contributed by atoms with E-state index in [1.165, 1.54) is 13.0 Å². The van der Waals surface area contributed by atoms with Gasteiger partial charge in [0.05, 0.1) is 17.2 Å². The van der Waals surface area contributed by atoms with Crippen molar-refractivity contribution in [1.29, 1.82) is 0 Å². The average Bonchev–Trinajstić information content (AvgIpc) is 3.32. The number of rotatable bonds is 4. The number of benzene rings is 1. The SMILES string of the molecule is Cc1cc(-c2c(F)cc(F)cc2F)c2c(N3C(=O)N4C[C@@H](NS(C)(=O)=O)C(F)(F)C4C3O)noc2n1. The molecule has 1 aromatic carbocycles. The standard InChI is InChI=1S/C20H16F5N5O5S/c1-7-3-9(13-10(22)4-8(21)5-11(13)23)14-16(27-35-17(14)26-7)30-18(31)15-20(24,25)12(28-36(2,33)34)6-29(15)19(30)32/h3-5,12,15,18,28,31H,6H2,1-2H3/t12-,15?,18?/m1/s1. The Morgan fingerprint density at radius 2 is 1.83 bits per heavy atom. The number of alkyl halides is 2. The van der Waals surface area contributed by atoms with Crippen molar-refractivity contribution in [2.45, 2.75) is 31.2 Å². The molecular weight excluding hydrogens is 517 g/mol. The van der Waals surface area contributed by atoms with Crippen LogP contribution in [-0.2, 0) is 10.0 Å². The van der Waals surface area contributed by atoms with Crippen molar-refractivity contribution in [3.05, 3.63) is 41.3 Å². The number of aliphatic hydroxyl groups is 1. The molecule has 10 nitrogen and oxygen atoms in total. The Kier molecular flexibility index (Phi) is 5.28. The normalized spacial score (nSPS) is 23.7. The molecule has 192 valence electrons. The number of carbonyl (C=O) groups excluding carboxylic acids is 1. The molecule has 5 rings (SSSR count). The Morgan fingerprint density at radius 1 is 1.19 bits per heavy atom. The number of halogens is 5. The minimum atomic E-state index is -4.08. The predicted molar refractivity (Wildman–Crippen MR) is 113 cm³/mol. The molecule has 2 amide bonds. The van der Waals surface area contributed by atoms with Crippen LogP contribution in [0, 0.1) is 24.4 Å². The van der Waals surface area contributed by atoms with Gasteiger partial charge < -0.3 is 14.5 Å². The molecule has 2 aromatic heterocycles. The first kappa shape index (κ1) is 24.3. The molecule has 2 aliphatic rings. The quantitative estimate of drug-likeness (QED) is 0.492. The number of amides is 2. The van der Waals surface area contributed by atoms with Gasteiger partial charge in [-0.2, -0.15) is 0 Å². The lowest BCUT2D eigenvalue weighted by Gasteiger charge is -2.26. The summed E-state index contributed by atoms with van der Waals surface area (Å²) >= 11 is 0. The minimum Gasteiger partial charge on any atom is -0.371 e. The number of sulfonamides is 1. The minimum absolute atomic E-state index is 0.193. The molecule has 2 fully saturated rings. The molecule has 0 aliphatic carbocycles. The van der Waals surface area contributed by atoms with E-state index in [4.69, 9.17) is 4.52 Å². The molecule has 36 heavy (non-hydrogen) atoms. The smallest absolute Gasteiger partial charge is 0.328 e. The van der Waals surface area contributed by atoms with Crippen molar-refractivity contribution in [3.63, 3.8) is 0 Å². The fourth-order valence-electron chi connectivity index (χ4n) is 4.61. The van der Waals surface area contributed by atoms with E-state index in [-0.39, 0.29) is 22.4 Å². The van der Waals surface area contributed by atoms with E-state index >= 15 is 8.78 Å². The zero-order chi connectivity index (χ0) is 26.3. The van der Waals surface area contributed by atoms with Crippen LogP contribution in [0.25, 0.3) is 22.2 Å². The molecular formula is C20H16F5N5O5S. The van der Waals surface area contributed by atoms with Gasteiger partial charge in [0.1, 0.15) is 29.5 Å². The molecule has 0 spiro atoms. The third-order valence-electron chi connectivity index (χ3n) is 5.99. The van der Waals surface area contributed by atoms with E-state index in [9.17, 15) is 31.5 Å². The summed E-state index contributed by atoms with van der Waals surface area (Å²) in [5, 5.41) is 14.1. The van der Waals surface area contributed by atoms with Gasteiger partial charge in [-0.25, -0.2) is 49.8 Å². The highest BCUT2D eigenvalue weighted by atomic mass is 32.2. The first-order valence-corrected chi connectivity index (χ1v) is 12.1. The van der Waals surface area contributed by atoms with Crippen LogP contribution < -0.4 is 9.62 Å². The van der Waals surface area contributed by atoms with Crippen molar-refractivity contribution in [2.75, 3.05) is 17.7 Å². The second-order valence-electron chi connectivity index (χ2n) is 8.52. The fraction of sp³-hybridized carbons (Fsp3) is 0.350. The van der Waals surface area contributed by atoms with Gasteiger partial charge in [-0.3, -0.25) is 0 Å². The van der Waals surface area contributed by atoms with Crippen LogP contribution in [0.5, 0.6) is 0 Å². The average molecular weight is 533 g/mol. The summed E-state index contributed by atoms with van der Waals surface area (Å²) in [6, 6.07) is -3.33. The second-order valence-corrected chi connectivity index (χ2v) is 10.3. The van der Waals surface area contributed by atoms with Crippen LogP contribution in [0.4, 0.5) is 32.6 Å². The lowest BCUT2D eigenvalue weighted by molar-refractivity contribution is -0.0688. The Bertz CT molecular complexity index is 1510. The van der Waals surface area contributed by atoms with E-state index in [0.29, 0.717) is 28.2 Å². The molecule has 0 saturated carbocycles. The van der Waals surface area contributed by atoms with Gasteiger partial charge in [0.15, 0.2) is 12.0 Å². The van der Waals surface area contributed by atoms with Crippen LogP contribution in [0.2, 0.25) is 0 Å². The van der Waals surface area contributed by atoms with Crippen molar-refractivity contribution < 1.29 is 44.8 Å². The van der Waals surface area contributed by atoms with E-state index < -0.39 is 75.7 Å². The lowest BCUT2D eigenvalue weighted by atomic mass is 10.0. The molecule has 2 aliphatic heterocycles. The summed E-state index contributed by atoms with van der Waals surface area (Å²) in [5.41, 5.74) is -1.14. The summed E-state index contributed by atoms with van der Waals surface area (Å²) in [7, 11) is -4.08. The first-order chi connectivity index (χ1) is 16.7. The number of pyridine rings is 1. The second kappa shape index (κ2) is 7.81. The monoisotopic (exact) mass is 533 g/mol. The summed E-state index contributed by atoms with van der Waals surface area (Å²) in [6.45, 7) is 0.671. The Balaban J connectivity index is 1.64. The van der Waals surface area contributed by atoms with E-state index in [1.54, 1.807) is 4.72 Å². The number of aliphatic hydroxyl groups excluding tert-OH is 1. The third kappa shape index (κ3) is 3.58. The zero-order valence-electron chi connectivity index (χ0n) is 18.3. The molecule has 2 unspecified atom stereocenters. The summed E-state index contributed by atoms with van der Waals surface area (Å²) in [4.78, 5) is 18.2. The number of urea groups is 1. The number of carbonyl (C=O) groups is 1. The zero-order valence-corrected chi connectivity index (χ0v) is 19.2. The number of fused-ring (bicyclic) bond motifs is 2. The Labute approximate surface area is 199 Å². The molecule has 2 N–H and O–H groups in total. The lowest BCUT2D eigenvalue weighted by Crippen LogP contribution is -2.53. The third-order valence-corrected chi connectivity index (χ3v) is 6.70. The number of hydrogen-bond acceptors (Lipinski definition) is 7. The highest BCUT2D eigenvalue weighted by Gasteiger charge is 2.67. The number of anilines is 1. The Morgan fingerprint density at radius 3 is 2.42 bits per heavy atom. The molecule has 3 aromatic rings. The van der Waals surface area contributed by atoms with Crippen LogP contribution in [0.15, 0.2) is 22.7 Å². The number of nitrogens with zero attached hydrogens (tertiary/aromatic N) is 4. The van der Waals surface area contributed by atoms with Gasteiger partial charge >= 0.3 is 6.03 Å². The van der Waals surface area contributed by atoms with Crippen LogP contribution in [0.1, 0.15) is 5.69 Å². The van der Waals surface area contributed by atoms with E-state index in [0.717, 1.165) is 0 Å².